The van der Waals surface area contributed by atoms with E-state index in [0.29, 0.717) is 6.07 Å². The van der Waals surface area contributed by atoms with Crippen LogP contribution in [0, 0.1) is 11.6 Å². The molecule has 1 aromatic rings. The highest BCUT2D eigenvalue weighted by Crippen LogP contribution is 2.23. The van der Waals surface area contributed by atoms with Gasteiger partial charge in [0.1, 0.15) is 11.6 Å². The summed E-state index contributed by atoms with van der Waals surface area (Å²) in [7, 11) is 0. The third-order valence-electron chi connectivity index (χ3n) is 2.08. The summed E-state index contributed by atoms with van der Waals surface area (Å²) in [4.78, 5) is 22.3. The smallest absolute Gasteiger partial charge is 0.338 e. The van der Waals surface area contributed by atoms with Crippen LogP contribution in [0.2, 0.25) is 0 Å². The van der Waals surface area contributed by atoms with Gasteiger partial charge in [-0.1, -0.05) is 15.9 Å². The lowest BCUT2D eigenvalue weighted by Gasteiger charge is -2.16. The molecule has 0 unspecified atom stereocenters. The molecule has 0 aromatic heterocycles. The van der Waals surface area contributed by atoms with Crippen molar-refractivity contribution >= 4 is 33.5 Å². The van der Waals surface area contributed by atoms with Crippen LogP contribution in [0.4, 0.5) is 14.5 Å². The summed E-state index contributed by atoms with van der Waals surface area (Å²) >= 11 is 3.06. The topological polar surface area (TPSA) is 66.4 Å². The van der Waals surface area contributed by atoms with E-state index >= 15 is 0 Å². The highest BCUT2D eigenvalue weighted by Gasteiger charge is 2.25. The Morgan fingerprint density at radius 3 is 2.28 bits per heavy atom. The van der Waals surface area contributed by atoms with Crippen LogP contribution < -0.4 is 5.32 Å². The SMILES string of the molecule is CC(C)(Br)C(=O)Nc1cc(C(=O)O)c(F)cc1F. The Morgan fingerprint density at radius 2 is 1.83 bits per heavy atom. The number of nitrogens with one attached hydrogen (secondary N) is 1. The molecule has 0 fully saturated rings. The second kappa shape index (κ2) is 5.01. The van der Waals surface area contributed by atoms with E-state index in [0.717, 1.165) is 6.07 Å². The molecule has 2 N–H and O–H groups in total. The Kier molecular flexibility index (Phi) is 4.05. The molecule has 1 rings (SSSR count). The average molecular weight is 322 g/mol. The van der Waals surface area contributed by atoms with Crippen molar-refractivity contribution in [2.75, 3.05) is 5.32 Å². The van der Waals surface area contributed by atoms with E-state index in [-0.39, 0.29) is 5.69 Å². The van der Waals surface area contributed by atoms with Gasteiger partial charge in [-0.3, -0.25) is 4.79 Å². The predicted octanol–water partition coefficient (Wildman–Crippen LogP) is 2.78. The summed E-state index contributed by atoms with van der Waals surface area (Å²) < 4.78 is 25.5. The van der Waals surface area contributed by atoms with Gasteiger partial charge in [0.15, 0.2) is 0 Å². The molecular formula is C11H10BrF2NO3. The van der Waals surface area contributed by atoms with Crippen LogP contribution in [-0.2, 0) is 4.79 Å². The second-order valence-electron chi connectivity index (χ2n) is 4.04. The Morgan fingerprint density at radius 1 is 1.28 bits per heavy atom. The normalized spacial score (nSPS) is 11.2. The summed E-state index contributed by atoms with van der Waals surface area (Å²) in [6.07, 6.45) is 0. The van der Waals surface area contributed by atoms with E-state index in [1.54, 1.807) is 0 Å². The second-order valence-corrected chi connectivity index (χ2v) is 6.03. The molecule has 0 aliphatic rings. The molecule has 0 heterocycles. The molecular weight excluding hydrogens is 312 g/mol. The minimum Gasteiger partial charge on any atom is -0.478 e. The zero-order chi connectivity index (χ0) is 14.1. The zero-order valence-corrected chi connectivity index (χ0v) is 11.1. The average Bonchev–Trinajstić information content (AvgIpc) is 2.19. The number of rotatable bonds is 3. The number of carbonyl (C=O) groups is 2. The molecule has 1 aromatic carbocycles. The molecule has 1 amide bonds. The number of hydrogen-bond donors (Lipinski definition) is 2. The zero-order valence-electron chi connectivity index (χ0n) is 9.55. The number of amides is 1. The first-order valence-corrected chi connectivity index (χ1v) is 5.65. The highest BCUT2D eigenvalue weighted by molar-refractivity contribution is 9.10. The highest BCUT2D eigenvalue weighted by atomic mass is 79.9. The maximum Gasteiger partial charge on any atom is 0.338 e. The van der Waals surface area contributed by atoms with E-state index in [2.05, 4.69) is 21.2 Å². The molecule has 0 atom stereocenters. The largest absolute Gasteiger partial charge is 0.478 e. The van der Waals surface area contributed by atoms with Crippen LogP contribution in [0.1, 0.15) is 24.2 Å². The first-order valence-electron chi connectivity index (χ1n) is 4.85. The maximum atomic E-state index is 13.4. The lowest BCUT2D eigenvalue weighted by molar-refractivity contribution is -0.117. The van der Waals surface area contributed by atoms with Crippen LogP contribution in [0.15, 0.2) is 12.1 Å². The number of carbonyl (C=O) groups excluding carboxylic acids is 1. The molecule has 0 radical (unpaired) electrons. The van der Waals surface area contributed by atoms with Gasteiger partial charge >= 0.3 is 5.97 Å². The Bertz CT molecular complexity index is 512. The molecule has 0 aliphatic heterocycles. The third kappa shape index (κ3) is 3.25. The van der Waals surface area contributed by atoms with Crippen molar-refractivity contribution < 1.29 is 23.5 Å². The molecule has 0 saturated carbocycles. The number of benzene rings is 1. The van der Waals surface area contributed by atoms with E-state index < -0.39 is 33.4 Å². The van der Waals surface area contributed by atoms with Crippen molar-refractivity contribution in [3.8, 4) is 0 Å². The summed E-state index contributed by atoms with van der Waals surface area (Å²) in [5.41, 5.74) is -1.09. The molecule has 0 aliphatic carbocycles. The fraction of sp³-hybridized carbons (Fsp3) is 0.273. The van der Waals surface area contributed by atoms with Crippen molar-refractivity contribution in [3.05, 3.63) is 29.3 Å². The van der Waals surface area contributed by atoms with E-state index in [4.69, 9.17) is 5.11 Å². The molecule has 0 spiro atoms. The van der Waals surface area contributed by atoms with Gasteiger partial charge in [-0.15, -0.1) is 0 Å². The van der Waals surface area contributed by atoms with Crippen LogP contribution in [0.3, 0.4) is 0 Å². The summed E-state index contributed by atoms with van der Waals surface area (Å²) in [5.74, 6) is -4.36. The van der Waals surface area contributed by atoms with Gasteiger partial charge in [0.25, 0.3) is 0 Å². The van der Waals surface area contributed by atoms with Gasteiger partial charge in [0, 0.05) is 6.07 Å². The number of anilines is 1. The number of alkyl halides is 1. The van der Waals surface area contributed by atoms with Gasteiger partial charge in [-0.2, -0.15) is 0 Å². The number of carboxylic acids is 1. The molecule has 0 bridgehead atoms. The first kappa shape index (κ1) is 14.6. The van der Waals surface area contributed by atoms with Crippen molar-refractivity contribution in [1.29, 1.82) is 0 Å². The Labute approximate surface area is 110 Å². The number of hydrogen-bond acceptors (Lipinski definition) is 2. The van der Waals surface area contributed by atoms with Crippen LogP contribution >= 0.6 is 15.9 Å². The number of carboxylic acid groups (broad SMARTS) is 1. The minimum absolute atomic E-state index is 0.383. The summed E-state index contributed by atoms with van der Waals surface area (Å²) in [6.45, 7) is 3.06. The van der Waals surface area contributed by atoms with Crippen molar-refractivity contribution in [2.45, 2.75) is 18.2 Å². The van der Waals surface area contributed by atoms with Gasteiger partial charge < -0.3 is 10.4 Å². The standard InChI is InChI=1S/C11H10BrF2NO3/c1-11(2,12)10(18)15-8-3-5(9(16)17)6(13)4-7(8)14/h3-4H,1-2H3,(H,15,18)(H,16,17). The first-order chi connectivity index (χ1) is 8.12. The lowest BCUT2D eigenvalue weighted by atomic mass is 10.1. The summed E-state index contributed by atoms with van der Waals surface area (Å²) in [5, 5.41) is 10.9. The van der Waals surface area contributed by atoms with Crippen LogP contribution in [0.25, 0.3) is 0 Å². The van der Waals surface area contributed by atoms with Crippen molar-refractivity contribution in [3.63, 3.8) is 0 Å². The number of halogens is 3. The van der Waals surface area contributed by atoms with E-state index in [9.17, 15) is 18.4 Å². The van der Waals surface area contributed by atoms with Crippen molar-refractivity contribution in [1.82, 2.24) is 0 Å². The van der Waals surface area contributed by atoms with Crippen LogP contribution in [-0.4, -0.2) is 21.3 Å². The van der Waals surface area contributed by atoms with Crippen LogP contribution in [0.5, 0.6) is 0 Å². The molecule has 7 heteroatoms. The Hall–Kier alpha value is -1.50. The number of aromatic carboxylic acids is 1. The van der Waals surface area contributed by atoms with Gasteiger partial charge in [-0.25, -0.2) is 13.6 Å². The third-order valence-corrected chi connectivity index (χ3v) is 2.44. The monoisotopic (exact) mass is 321 g/mol. The van der Waals surface area contributed by atoms with Gasteiger partial charge in [-0.05, 0) is 19.9 Å². The quantitative estimate of drug-likeness (QED) is 0.841. The minimum atomic E-state index is -1.54. The molecule has 98 valence electrons. The fourth-order valence-electron chi connectivity index (χ4n) is 1.08. The lowest BCUT2D eigenvalue weighted by Crippen LogP contribution is -2.31. The molecule has 4 nitrogen and oxygen atoms in total. The summed E-state index contributed by atoms with van der Waals surface area (Å²) in [6, 6.07) is 1.16. The van der Waals surface area contributed by atoms with Crippen molar-refractivity contribution in [2.24, 2.45) is 0 Å². The maximum absolute atomic E-state index is 13.4. The van der Waals surface area contributed by atoms with E-state index in [1.165, 1.54) is 13.8 Å². The molecule has 18 heavy (non-hydrogen) atoms. The predicted molar refractivity (Wildman–Crippen MR) is 65.0 cm³/mol. The molecule has 0 saturated heterocycles. The van der Waals surface area contributed by atoms with Gasteiger partial charge in [0.05, 0.1) is 15.6 Å². The fourth-order valence-corrected chi connectivity index (χ4v) is 1.18. The van der Waals surface area contributed by atoms with Gasteiger partial charge in [0.2, 0.25) is 5.91 Å². The Balaban J connectivity index is 3.14. The van der Waals surface area contributed by atoms with E-state index in [1.807, 2.05) is 0 Å².